The third kappa shape index (κ3) is 3.35. The summed E-state index contributed by atoms with van der Waals surface area (Å²) < 4.78 is 38.4. The first-order valence-corrected chi connectivity index (χ1v) is 7.16. The first-order valence-electron chi connectivity index (χ1n) is 5.23. The van der Waals surface area contributed by atoms with Crippen molar-refractivity contribution < 1.29 is 13.2 Å². The maximum Gasteiger partial charge on any atom is 0.406 e. The highest BCUT2D eigenvalue weighted by Crippen LogP contribution is 2.30. The van der Waals surface area contributed by atoms with Gasteiger partial charge < -0.3 is 4.90 Å². The smallest absolute Gasteiger partial charge is 0.338 e. The molecule has 0 radical (unpaired) electrons. The van der Waals surface area contributed by atoms with Gasteiger partial charge in [0, 0.05) is 11.9 Å². The molecule has 2 rings (SSSR count). The number of benzene rings is 1. The van der Waals surface area contributed by atoms with E-state index in [1.807, 2.05) is 18.2 Å². The minimum atomic E-state index is -4.22. The van der Waals surface area contributed by atoms with E-state index in [9.17, 15) is 13.2 Å². The monoisotopic (exact) mass is 338 g/mol. The molecule has 1 aromatic carbocycles. The number of aromatic nitrogens is 1. The van der Waals surface area contributed by atoms with Crippen LogP contribution in [-0.2, 0) is 0 Å². The Labute approximate surface area is 115 Å². The van der Waals surface area contributed by atoms with Crippen LogP contribution < -0.4 is 4.90 Å². The molecule has 0 fully saturated rings. The molecule has 1 heterocycles. The zero-order chi connectivity index (χ0) is 13.2. The molecule has 0 aliphatic heterocycles. The van der Waals surface area contributed by atoms with Crippen LogP contribution in [0, 0.1) is 0 Å². The normalized spacial score (nSPS) is 12.0. The van der Waals surface area contributed by atoms with Crippen LogP contribution >= 0.6 is 27.3 Å². The molecule has 1 aromatic heterocycles. The van der Waals surface area contributed by atoms with Crippen molar-refractivity contribution in [3.63, 3.8) is 0 Å². The number of fused-ring (bicyclic) bond motifs is 1. The molecule has 0 saturated heterocycles. The molecule has 0 bridgehead atoms. The number of alkyl halides is 4. The van der Waals surface area contributed by atoms with E-state index in [4.69, 9.17) is 0 Å². The van der Waals surface area contributed by atoms with Gasteiger partial charge in [-0.25, -0.2) is 4.98 Å². The van der Waals surface area contributed by atoms with Crippen LogP contribution in [0.1, 0.15) is 0 Å². The fourth-order valence-corrected chi connectivity index (χ4v) is 2.97. The van der Waals surface area contributed by atoms with Crippen LogP contribution in [0.4, 0.5) is 18.3 Å². The summed E-state index contributed by atoms with van der Waals surface area (Å²) in [5.41, 5.74) is 0.735. The van der Waals surface area contributed by atoms with E-state index >= 15 is 0 Å². The van der Waals surface area contributed by atoms with Crippen molar-refractivity contribution in [1.82, 2.24) is 4.98 Å². The van der Waals surface area contributed by atoms with Crippen LogP contribution in [0.2, 0.25) is 0 Å². The van der Waals surface area contributed by atoms with Crippen molar-refractivity contribution in [2.75, 3.05) is 23.3 Å². The van der Waals surface area contributed by atoms with Gasteiger partial charge in [0.15, 0.2) is 5.13 Å². The summed E-state index contributed by atoms with van der Waals surface area (Å²) in [4.78, 5) is 5.49. The fourth-order valence-electron chi connectivity index (χ4n) is 1.56. The van der Waals surface area contributed by atoms with Crippen LogP contribution in [0.25, 0.3) is 10.2 Å². The molecule has 0 aliphatic rings. The van der Waals surface area contributed by atoms with E-state index in [2.05, 4.69) is 20.9 Å². The largest absolute Gasteiger partial charge is 0.406 e. The van der Waals surface area contributed by atoms with E-state index in [1.165, 1.54) is 16.2 Å². The summed E-state index contributed by atoms with van der Waals surface area (Å²) in [5.74, 6) is 0. The maximum atomic E-state index is 12.5. The number of hydrogen-bond donors (Lipinski definition) is 0. The van der Waals surface area contributed by atoms with Gasteiger partial charge in [0.05, 0.1) is 10.2 Å². The molecule has 0 amide bonds. The predicted molar refractivity (Wildman–Crippen MR) is 71.7 cm³/mol. The highest BCUT2D eigenvalue weighted by atomic mass is 79.9. The number of thiazole rings is 1. The first-order chi connectivity index (χ1) is 8.49. The van der Waals surface area contributed by atoms with Gasteiger partial charge >= 0.3 is 6.18 Å². The van der Waals surface area contributed by atoms with Crippen LogP contribution in [0.15, 0.2) is 24.3 Å². The van der Waals surface area contributed by atoms with Crippen molar-refractivity contribution in [3.8, 4) is 0 Å². The molecule has 0 N–H and O–H groups in total. The number of rotatable bonds is 4. The van der Waals surface area contributed by atoms with E-state index in [-0.39, 0.29) is 6.54 Å². The lowest BCUT2D eigenvalue weighted by Gasteiger charge is -2.21. The molecule has 18 heavy (non-hydrogen) atoms. The summed E-state index contributed by atoms with van der Waals surface area (Å²) in [5, 5.41) is 0.881. The second-order valence-corrected chi connectivity index (χ2v) is 5.49. The highest BCUT2D eigenvalue weighted by Gasteiger charge is 2.31. The molecule has 7 heteroatoms. The third-order valence-electron chi connectivity index (χ3n) is 2.28. The molecule has 98 valence electrons. The first kappa shape index (κ1) is 13.6. The van der Waals surface area contributed by atoms with Gasteiger partial charge in [-0.2, -0.15) is 13.2 Å². The Balaban J connectivity index is 2.29. The SMILES string of the molecule is FC(F)(F)CN(CCBr)c1nc2ccccc2s1. The van der Waals surface area contributed by atoms with Gasteiger partial charge in [-0.1, -0.05) is 39.4 Å². The Morgan fingerprint density at radius 1 is 1.28 bits per heavy atom. The van der Waals surface area contributed by atoms with Gasteiger partial charge in [-0.3, -0.25) is 0 Å². The van der Waals surface area contributed by atoms with Crippen LogP contribution in [-0.4, -0.2) is 29.6 Å². The standard InChI is InChI=1S/C11H10BrF3N2S/c12-5-6-17(7-11(13,14)15)10-16-8-3-1-2-4-9(8)18-10/h1-4H,5-7H2. The minimum absolute atomic E-state index is 0.277. The Morgan fingerprint density at radius 2 is 2.00 bits per heavy atom. The molecule has 0 aliphatic carbocycles. The summed E-state index contributed by atoms with van der Waals surface area (Å²) >= 11 is 4.45. The van der Waals surface area contributed by atoms with Gasteiger partial charge in [-0.15, -0.1) is 0 Å². The van der Waals surface area contributed by atoms with E-state index in [0.717, 1.165) is 10.2 Å². The predicted octanol–water partition coefficient (Wildman–Crippen LogP) is 4.06. The zero-order valence-electron chi connectivity index (χ0n) is 9.25. The summed E-state index contributed by atoms with van der Waals surface area (Å²) in [6, 6.07) is 7.33. The number of halogens is 4. The molecule has 0 spiro atoms. The second kappa shape index (κ2) is 5.44. The molecular formula is C11H10BrF3N2S. The maximum absolute atomic E-state index is 12.5. The Hall–Kier alpha value is -0.820. The third-order valence-corrected chi connectivity index (χ3v) is 3.73. The van der Waals surface area contributed by atoms with E-state index < -0.39 is 12.7 Å². The van der Waals surface area contributed by atoms with E-state index in [0.29, 0.717) is 10.5 Å². The Morgan fingerprint density at radius 3 is 2.61 bits per heavy atom. The van der Waals surface area contributed by atoms with Gasteiger partial charge in [0.2, 0.25) is 0 Å². The zero-order valence-corrected chi connectivity index (χ0v) is 11.6. The molecule has 0 atom stereocenters. The van der Waals surface area contributed by atoms with E-state index in [1.54, 1.807) is 6.07 Å². The van der Waals surface area contributed by atoms with Crippen molar-refractivity contribution in [2.45, 2.75) is 6.18 Å². The number of anilines is 1. The van der Waals surface area contributed by atoms with Crippen molar-refractivity contribution in [3.05, 3.63) is 24.3 Å². The minimum Gasteiger partial charge on any atom is -0.338 e. The summed E-state index contributed by atoms with van der Waals surface area (Å²) in [7, 11) is 0. The highest BCUT2D eigenvalue weighted by molar-refractivity contribution is 9.09. The molecule has 2 nitrogen and oxygen atoms in total. The lowest BCUT2D eigenvalue weighted by Crippen LogP contribution is -2.35. The number of para-hydroxylation sites is 1. The topological polar surface area (TPSA) is 16.1 Å². The van der Waals surface area contributed by atoms with Crippen molar-refractivity contribution in [1.29, 1.82) is 0 Å². The lowest BCUT2D eigenvalue weighted by molar-refractivity contribution is -0.119. The van der Waals surface area contributed by atoms with Crippen molar-refractivity contribution in [2.24, 2.45) is 0 Å². The molecule has 2 aromatic rings. The second-order valence-electron chi connectivity index (χ2n) is 3.69. The Kier molecular flexibility index (Phi) is 4.11. The summed E-state index contributed by atoms with van der Waals surface area (Å²) in [6.07, 6.45) is -4.22. The van der Waals surface area contributed by atoms with Crippen LogP contribution in [0.5, 0.6) is 0 Å². The Bertz CT molecular complexity index is 493. The van der Waals surface area contributed by atoms with Gasteiger partial charge in [0.1, 0.15) is 6.54 Å². The number of nitrogens with zero attached hydrogens (tertiary/aromatic N) is 2. The average molecular weight is 339 g/mol. The fraction of sp³-hybridized carbons (Fsp3) is 0.364. The molecule has 0 saturated carbocycles. The van der Waals surface area contributed by atoms with Crippen molar-refractivity contribution >= 4 is 42.6 Å². The van der Waals surface area contributed by atoms with Gasteiger partial charge in [0.25, 0.3) is 0 Å². The van der Waals surface area contributed by atoms with Crippen LogP contribution in [0.3, 0.4) is 0 Å². The van der Waals surface area contributed by atoms with Gasteiger partial charge in [-0.05, 0) is 12.1 Å². The lowest BCUT2D eigenvalue weighted by atomic mass is 10.3. The molecular weight excluding hydrogens is 329 g/mol. The molecule has 0 unspecified atom stereocenters. The quantitative estimate of drug-likeness (QED) is 0.781. The average Bonchev–Trinajstić information content (AvgIpc) is 2.70. The summed E-state index contributed by atoms with van der Waals surface area (Å²) in [6.45, 7) is -0.697. The number of hydrogen-bond acceptors (Lipinski definition) is 3.